The number of nitrogens with two attached hydrogens (primary N) is 1. The van der Waals surface area contributed by atoms with Gasteiger partial charge in [0, 0.05) is 18.2 Å². The zero-order valence-electron chi connectivity index (χ0n) is 7.34. The largest absolute Gasteiger partial charge is 0.330 e. The van der Waals surface area contributed by atoms with Gasteiger partial charge < -0.3 is 5.73 Å². The molecule has 12 heavy (non-hydrogen) atoms. The lowest BCUT2D eigenvalue weighted by atomic mass is 9.86. The van der Waals surface area contributed by atoms with Crippen LogP contribution in [0.5, 0.6) is 0 Å². The molecule has 0 saturated heterocycles. The van der Waals surface area contributed by atoms with E-state index in [1.807, 2.05) is 12.1 Å². The van der Waals surface area contributed by atoms with Crippen LogP contribution in [0.25, 0.3) is 0 Å². The maximum Gasteiger partial charge on any atom is 0.132 e. The Labute approximate surface area is 77.8 Å². The fourth-order valence-corrected chi connectivity index (χ4v) is 1.38. The number of pyridine rings is 1. The number of hydrogen-bond donors (Lipinski definition) is 1. The fraction of sp³-hybridized carbons (Fsp3) is 0.444. The van der Waals surface area contributed by atoms with Crippen LogP contribution in [0.15, 0.2) is 18.3 Å². The molecule has 0 fully saturated rings. The van der Waals surface area contributed by atoms with Crippen LogP contribution < -0.4 is 5.73 Å². The number of aromatic nitrogens is 1. The van der Waals surface area contributed by atoms with Crippen molar-refractivity contribution in [2.45, 2.75) is 19.3 Å². The average Bonchev–Trinajstić information content (AvgIpc) is 2.05. The molecule has 66 valence electrons. The highest BCUT2D eigenvalue weighted by Crippen LogP contribution is 2.26. The van der Waals surface area contributed by atoms with Crippen LogP contribution >= 0.6 is 11.6 Å². The maximum atomic E-state index is 5.92. The molecule has 0 spiro atoms. The molecule has 0 aliphatic rings. The molecule has 0 aliphatic carbocycles. The van der Waals surface area contributed by atoms with Crippen molar-refractivity contribution in [1.29, 1.82) is 0 Å². The summed E-state index contributed by atoms with van der Waals surface area (Å²) in [5.41, 5.74) is 6.54. The van der Waals surface area contributed by atoms with E-state index in [9.17, 15) is 0 Å². The fourth-order valence-electron chi connectivity index (χ4n) is 1.00. The van der Waals surface area contributed by atoms with Gasteiger partial charge in [0.25, 0.3) is 0 Å². The molecule has 1 aromatic rings. The topological polar surface area (TPSA) is 38.9 Å². The van der Waals surface area contributed by atoms with Gasteiger partial charge in [0.1, 0.15) is 5.15 Å². The molecule has 0 radical (unpaired) electrons. The van der Waals surface area contributed by atoms with Crippen LogP contribution in [0, 0.1) is 0 Å². The Morgan fingerprint density at radius 1 is 1.58 bits per heavy atom. The van der Waals surface area contributed by atoms with E-state index >= 15 is 0 Å². The van der Waals surface area contributed by atoms with Gasteiger partial charge >= 0.3 is 0 Å². The van der Waals surface area contributed by atoms with Gasteiger partial charge in [-0.15, -0.1) is 0 Å². The van der Waals surface area contributed by atoms with E-state index in [1.54, 1.807) is 6.20 Å². The molecule has 3 heteroatoms. The quantitative estimate of drug-likeness (QED) is 0.714. The third-order valence-electron chi connectivity index (χ3n) is 2.00. The molecule has 0 unspecified atom stereocenters. The summed E-state index contributed by atoms with van der Waals surface area (Å²) in [5.74, 6) is 0. The van der Waals surface area contributed by atoms with E-state index in [4.69, 9.17) is 17.3 Å². The summed E-state index contributed by atoms with van der Waals surface area (Å²) in [6.45, 7) is 4.67. The lowest BCUT2D eigenvalue weighted by Crippen LogP contribution is -2.28. The lowest BCUT2D eigenvalue weighted by Gasteiger charge is -2.23. The highest BCUT2D eigenvalue weighted by Gasteiger charge is 2.21. The molecule has 0 aromatic carbocycles. The second-order valence-corrected chi connectivity index (χ2v) is 3.79. The van der Waals surface area contributed by atoms with E-state index < -0.39 is 0 Å². The average molecular weight is 185 g/mol. The minimum absolute atomic E-state index is 0.0919. The van der Waals surface area contributed by atoms with Crippen molar-refractivity contribution in [3.63, 3.8) is 0 Å². The third kappa shape index (κ3) is 1.76. The van der Waals surface area contributed by atoms with Crippen LogP contribution in [0.1, 0.15) is 19.4 Å². The molecule has 1 rings (SSSR count). The van der Waals surface area contributed by atoms with Gasteiger partial charge in [0.15, 0.2) is 0 Å². The first kappa shape index (κ1) is 9.49. The molecule has 0 aliphatic heterocycles. The molecule has 0 amide bonds. The summed E-state index contributed by atoms with van der Waals surface area (Å²) in [5, 5.41) is 0.549. The zero-order chi connectivity index (χ0) is 9.19. The lowest BCUT2D eigenvalue weighted by molar-refractivity contribution is 0.537. The molecule has 2 nitrogen and oxygen atoms in total. The minimum atomic E-state index is -0.0919. The van der Waals surface area contributed by atoms with Crippen molar-refractivity contribution in [1.82, 2.24) is 4.98 Å². The van der Waals surface area contributed by atoms with Gasteiger partial charge in [0.05, 0.1) is 0 Å². The van der Waals surface area contributed by atoms with Crippen molar-refractivity contribution in [3.8, 4) is 0 Å². The Bertz CT molecular complexity index is 271. The first-order valence-electron chi connectivity index (χ1n) is 3.89. The maximum absolute atomic E-state index is 5.92. The number of hydrogen-bond acceptors (Lipinski definition) is 2. The first-order valence-corrected chi connectivity index (χ1v) is 4.27. The number of rotatable bonds is 2. The number of halogens is 1. The van der Waals surface area contributed by atoms with E-state index in [0.717, 1.165) is 5.56 Å². The van der Waals surface area contributed by atoms with Crippen molar-refractivity contribution in [2.24, 2.45) is 5.73 Å². The molecule has 0 atom stereocenters. The minimum Gasteiger partial charge on any atom is -0.330 e. The Morgan fingerprint density at radius 3 is 2.75 bits per heavy atom. The summed E-state index contributed by atoms with van der Waals surface area (Å²) in [7, 11) is 0. The number of nitrogens with zero attached hydrogens (tertiary/aromatic N) is 1. The van der Waals surface area contributed by atoms with Crippen LogP contribution in [-0.4, -0.2) is 11.5 Å². The summed E-state index contributed by atoms with van der Waals surface area (Å²) in [6, 6.07) is 3.83. The second-order valence-electron chi connectivity index (χ2n) is 3.43. The molecule has 0 bridgehead atoms. The highest BCUT2D eigenvalue weighted by molar-refractivity contribution is 6.30. The van der Waals surface area contributed by atoms with Crippen molar-refractivity contribution in [3.05, 3.63) is 29.0 Å². The Balaban J connectivity index is 3.10. The first-order chi connectivity index (χ1) is 5.58. The van der Waals surface area contributed by atoms with Gasteiger partial charge in [-0.05, 0) is 11.6 Å². The molecule has 1 heterocycles. The van der Waals surface area contributed by atoms with Crippen molar-refractivity contribution < 1.29 is 0 Å². The van der Waals surface area contributed by atoms with E-state index in [-0.39, 0.29) is 5.41 Å². The highest BCUT2D eigenvalue weighted by atomic mass is 35.5. The smallest absolute Gasteiger partial charge is 0.132 e. The molecule has 2 N–H and O–H groups in total. The van der Waals surface area contributed by atoms with E-state index in [1.165, 1.54) is 0 Å². The predicted octanol–water partition coefficient (Wildman–Crippen LogP) is 1.97. The van der Waals surface area contributed by atoms with Gasteiger partial charge in [-0.25, -0.2) is 4.98 Å². The van der Waals surface area contributed by atoms with Crippen molar-refractivity contribution >= 4 is 11.6 Å². The normalized spacial score (nSPS) is 11.7. The molecule has 0 saturated carbocycles. The van der Waals surface area contributed by atoms with Crippen LogP contribution in [0.3, 0.4) is 0 Å². The van der Waals surface area contributed by atoms with Crippen LogP contribution in [0.2, 0.25) is 5.15 Å². The second kappa shape index (κ2) is 3.42. The van der Waals surface area contributed by atoms with Crippen LogP contribution in [0.4, 0.5) is 0 Å². The molecular formula is C9H13ClN2. The van der Waals surface area contributed by atoms with Crippen molar-refractivity contribution in [2.75, 3.05) is 6.54 Å². The van der Waals surface area contributed by atoms with E-state index in [2.05, 4.69) is 18.8 Å². The zero-order valence-corrected chi connectivity index (χ0v) is 8.10. The SMILES string of the molecule is CC(C)(CN)c1cccnc1Cl. The summed E-state index contributed by atoms with van der Waals surface area (Å²) in [6.07, 6.45) is 1.68. The standard InChI is InChI=1S/C9H13ClN2/c1-9(2,6-11)7-4-3-5-12-8(7)10/h3-5H,6,11H2,1-2H3. The monoisotopic (exact) mass is 184 g/mol. The third-order valence-corrected chi connectivity index (χ3v) is 2.30. The molecule has 1 aromatic heterocycles. The van der Waals surface area contributed by atoms with Gasteiger partial charge in [-0.3, -0.25) is 0 Å². The van der Waals surface area contributed by atoms with Gasteiger partial charge in [0.2, 0.25) is 0 Å². The van der Waals surface area contributed by atoms with Crippen LogP contribution in [-0.2, 0) is 5.41 Å². The predicted molar refractivity (Wildman–Crippen MR) is 51.3 cm³/mol. The summed E-state index contributed by atoms with van der Waals surface area (Å²) in [4.78, 5) is 4.00. The Kier molecular flexibility index (Phi) is 2.70. The van der Waals surface area contributed by atoms with Gasteiger partial charge in [-0.1, -0.05) is 31.5 Å². The Morgan fingerprint density at radius 2 is 2.25 bits per heavy atom. The molecular weight excluding hydrogens is 172 g/mol. The summed E-state index contributed by atoms with van der Waals surface area (Å²) < 4.78 is 0. The van der Waals surface area contributed by atoms with Gasteiger partial charge in [-0.2, -0.15) is 0 Å². The Hall–Kier alpha value is -0.600. The summed E-state index contributed by atoms with van der Waals surface area (Å²) >= 11 is 5.92. The van der Waals surface area contributed by atoms with E-state index in [0.29, 0.717) is 11.7 Å².